The molecule has 0 aromatic rings. The third-order valence-corrected chi connectivity index (χ3v) is 2.27. The number of carbonyl (C=O) groups is 1. The molecule has 0 heterocycles. The lowest BCUT2D eigenvalue weighted by molar-refractivity contribution is -0.119. The lowest BCUT2D eigenvalue weighted by Crippen LogP contribution is -2.23. The van der Waals surface area contributed by atoms with Gasteiger partial charge in [-0.15, -0.1) is 0 Å². The number of nitrogens with one attached hydrogen (secondary N) is 1. The van der Waals surface area contributed by atoms with E-state index in [0.29, 0.717) is 0 Å². The second-order valence-electron chi connectivity index (χ2n) is 4.24. The van der Waals surface area contributed by atoms with Crippen molar-refractivity contribution in [3.63, 3.8) is 0 Å². The van der Waals surface area contributed by atoms with E-state index in [-0.39, 0.29) is 18.4 Å². The topological polar surface area (TPSA) is 75.6 Å². The van der Waals surface area contributed by atoms with Crippen molar-refractivity contribution in [3.05, 3.63) is 0 Å². The van der Waals surface area contributed by atoms with Gasteiger partial charge in [-0.2, -0.15) is 0 Å². The quantitative estimate of drug-likeness (QED) is 0.711. The van der Waals surface area contributed by atoms with Gasteiger partial charge in [0, 0.05) is 6.42 Å². The van der Waals surface area contributed by atoms with E-state index in [2.05, 4.69) is 0 Å². The van der Waals surface area contributed by atoms with Gasteiger partial charge in [-0.1, -0.05) is 27.7 Å². The third kappa shape index (κ3) is 7.06. The molecule has 0 saturated carbocycles. The summed E-state index contributed by atoms with van der Waals surface area (Å²) in [6.45, 7) is 7.32. The van der Waals surface area contributed by atoms with Crippen LogP contribution >= 0.6 is 7.75 Å². The maximum atomic E-state index is 11.2. The molecule has 14 heavy (non-hydrogen) atoms. The molecule has 2 N–H and O–H groups in total. The summed E-state index contributed by atoms with van der Waals surface area (Å²) in [6, 6.07) is 0. The van der Waals surface area contributed by atoms with Crippen molar-refractivity contribution < 1.29 is 18.8 Å². The second-order valence-corrected chi connectivity index (χ2v) is 5.77. The molecular weight excluding hydrogens is 205 g/mol. The molecule has 1 atom stereocenters. The molecule has 0 aliphatic rings. The second kappa shape index (κ2) is 4.91. The molecule has 84 valence electrons. The fraction of sp³-hybridized carbons (Fsp3) is 0.875. The maximum Gasteiger partial charge on any atom is 0.432 e. The summed E-state index contributed by atoms with van der Waals surface area (Å²) < 4.78 is 16.0. The van der Waals surface area contributed by atoms with Crippen molar-refractivity contribution in [3.8, 4) is 0 Å². The van der Waals surface area contributed by atoms with Crippen LogP contribution in [0.15, 0.2) is 0 Å². The van der Waals surface area contributed by atoms with Crippen LogP contribution in [-0.2, 0) is 13.9 Å². The monoisotopic (exact) mass is 223 g/mol. The molecule has 0 saturated heterocycles. The molecule has 0 spiro atoms. The number of hydrogen-bond acceptors (Lipinski definition) is 3. The summed E-state index contributed by atoms with van der Waals surface area (Å²) in [6.07, 6.45) is 0.156. The van der Waals surface area contributed by atoms with Gasteiger partial charge in [0.2, 0.25) is 5.91 Å². The van der Waals surface area contributed by atoms with Crippen molar-refractivity contribution in [1.82, 2.24) is 5.09 Å². The van der Waals surface area contributed by atoms with E-state index >= 15 is 0 Å². The molecule has 5 nitrogen and oxygen atoms in total. The van der Waals surface area contributed by atoms with Crippen molar-refractivity contribution in [2.45, 2.75) is 34.1 Å². The van der Waals surface area contributed by atoms with Crippen molar-refractivity contribution in [1.29, 1.82) is 0 Å². The zero-order chi connectivity index (χ0) is 11.4. The Bertz CT molecular complexity index is 246. The SMILES string of the molecule is CCC(=O)NP(=O)(O)OCC(C)(C)C. The molecule has 0 radical (unpaired) electrons. The molecule has 0 bridgehead atoms. The van der Waals surface area contributed by atoms with Gasteiger partial charge < -0.3 is 4.89 Å². The van der Waals surface area contributed by atoms with Crippen LogP contribution in [0.1, 0.15) is 34.1 Å². The van der Waals surface area contributed by atoms with Crippen LogP contribution in [-0.4, -0.2) is 17.4 Å². The van der Waals surface area contributed by atoms with Crippen LogP contribution < -0.4 is 5.09 Å². The number of hydrogen-bond donors (Lipinski definition) is 2. The van der Waals surface area contributed by atoms with E-state index in [1.54, 1.807) is 6.92 Å². The predicted octanol–water partition coefficient (Wildman–Crippen LogP) is 1.68. The highest BCUT2D eigenvalue weighted by molar-refractivity contribution is 7.51. The Balaban J connectivity index is 4.09. The van der Waals surface area contributed by atoms with Gasteiger partial charge in [0.1, 0.15) is 0 Å². The van der Waals surface area contributed by atoms with Crippen molar-refractivity contribution >= 4 is 13.7 Å². The average molecular weight is 223 g/mol. The molecule has 0 aliphatic carbocycles. The van der Waals surface area contributed by atoms with Crippen LogP contribution in [0.3, 0.4) is 0 Å². The zero-order valence-corrected chi connectivity index (χ0v) is 9.93. The van der Waals surface area contributed by atoms with Gasteiger partial charge in [0.05, 0.1) is 6.61 Å². The molecule has 6 heteroatoms. The van der Waals surface area contributed by atoms with E-state index in [1.807, 2.05) is 25.9 Å². The highest BCUT2D eigenvalue weighted by atomic mass is 31.2. The molecule has 0 fully saturated rings. The van der Waals surface area contributed by atoms with Crippen LogP contribution in [0.2, 0.25) is 0 Å². The van der Waals surface area contributed by atoms with Crippen LogP contribution in [0.4, 0.5) is 0 Å². The number of rotatable bonds is 4. The summed E-state index contributed by atoms with van der Waals surface area (Å²) in [5.41, 5.74) is -0.213. The Morgan fingerprint density at radius 3 is 2.36 bits per heavy atom. The van der Waals surface area contributed by atoms with Crippen molar-refractivity contribution in [2.75, 3.05) is 6.61 Å². The fourth-order valence-corrected chi connectivity index (χ4v) is 1.65. The zero-order valence-electron chi connectivity index (χ0n) is 9.03. The van der Waals surface area contributed by atoms with Crippen LogP contribution in [0.25, 0.3) is 0 Å². The summed E-state index contributed by atoms with van der Waals surface area (Å²) in [5, 5.41) is 1.93. The Labute approximate surface area is 84.4 Å². The first-order valence-electron chi connectivity index (χ1n) is 4.45. The minimum Gasteiger partial charge on any atom is -0.308 e. The predicted molar refractivity (Wildman–Crippen MR) is 53.7 cm³/mol. The molecular formula is C8H18NO4P. The van der Waals surface area contributed by atoms with Gasteiger partial charge in [0.25, 0.3) is 0 Å². The molecule has 0 aromatic carbocycles. The molecule has 1 unspecified atom stereocenters. The van der Waals surface area contributed by atoms with Gasteiger partial charge in [-0.05, 0) is 5.41 Å². The Morgan fingerprint density at radius 1 is 1.50 bits per heavy atom. The lowest BCUT2D eigenvalue weighted by atomic mass is 9.99. The standard InChI is InChI=1S/C8H18NO4P/c1-5-7(10)9-14(11,12)13-6-8(2,3)4/h5-6H2,1-4H3,(H2,9,10,11,12). The smallest absolute Gasteiger partial charge is 0.308 e. The van der Waals surface area contributed by atoms with Crippen LogP contribution in [0.5, 0.6) is 0 Å². The summed E-state index contributed by atoms with van der Waals surface area (Å²) >= 11 is 0. The number of carbonyl (C=O) groups excluding carboxylic acids is 1. The summed E-state index contributed by atoms with van der Waals surface area (Å²) in [5.74, 6) is -0.496. The van der Waals surface area contributed by atoms with Gasteiger partial charge >= 0.3 is 7.75 Å². The maximum absolute atomic E-state index is 11.2. The first kappa shape index (κ1) is 13.6. The highest BCUT2D eigenvalue weighted by Gasteiger charge is 2.24. The minimum atomic E-state index is -3.96. The first-order valence-corrected chi connectivity index (χ1v) is 6.02. The largest absolute Gasteiger partial charge is 0.432 e. The first-order chi connectivity index (χ1) is 6.16. The van der Waals surface area contributed by atoms with Gasteiger partial charge in [-0.3, -0.25) is 14.4 Å². The Hall–Kier alpha value is -0.380. The average Bonchev–Trinajstić information content (AvgIpc) is 1.99. The summed E-state index contributed by atoms with van der Waals surface area (Å²) in [4.78, 5) is 20.0. The van der Waals surface area contributed by atoms with E-state index in [4.69, 9.17) is 4.52 Å². The molecule has 1 amide bonds. The fourth-order valence-electron chi connectivity index (χ4n) is 0.550. The highest BCUT2D eigenvalue weighted by Crippen LogP contribution is 2.38. The van der Waals surface area contributed by atoms with E-state index < -0.39 is 13.7 Å². The molecule has 0 aromatic heterocycles. The van der Waals surface area contributed by atoms with E-state index in [0.717, 1.165) is 0 Å². The number of amides is 1. The van der Waals surface area contributed by atoms with Gasteiger partial charge in [0.15, 0.2) is 0 Å². The Morgan fingerprint density at radius 2 is 2.00 bits per heavy atom. The van der Waals surface area contributed by atoms with E-state index in [9.17, 15) is 14.3 Å². The van der Waals surface area contributed by atoms with Crippen molar-refractivity contribution in [2.24, 2.45) is 5.41 Å². The molecule has 0 aliphatic heterocycles. The minimum absolute atomic E-state index is 0.116. The third-order valence-electron chi connectivity index (χ3n) is 1.26. The Kier molecular flexibility index (Phi) is 4.78. The van der Waals surface area contributed by atoms with Crippen LogP contribution in [0, 0.1) is 5.41 Å². The van der Waals surface area contributed by atoms with Gasteiger partial charge in [-0.25, -0.2) is 4.57 Å². The normalized spacial score (nSPS) is 16.1. The lowest BCUT2D eigenvalue weighted by Gasteiger charge is -2.20. The summed E-state index contributed by atoms with van der Waals surface area (Å²) in [7, 11) is -3.96. The molecule has 0 rings (SSSR count). The van der Waals surface area contributed by atoms with E-state index in [1.165, 1.54) is 0 Å².